The molecule has 1 aromatic rings. The molecule has 1 unspecified atom stereocenters. The Labute approximate surface area is 114 Å². The molecule has 0 bridgehead atoms. The number of para-hydroxylation sites is 1. The van der Waals surface area contributed by atoms with Gasteiger partial charge >= 0.3 is 0 Å². The van der Waals surface area contributed by atoms with E-state index in [4.69, 9.17) is 11.5 Å². The number of amides is 1. The van der Waals surface area contributed by atoms with E-state index < -0.39 is 5.91 Å². The van der Waals surface area contributed by atoms with Gasteiger partial charge in [-0.25, -0.2) is 0 Å². The van der Waals surface area contributed by atoms with Crippen LogP contribution in [0.4, 0.5) is 11.4 Å². The molecule has 0 saturated heterocycles. The summed E-state index contributed by atoms with van der Waals surface area (Å²) in [6.07, 6.45) is 4.75. The number of nitrogen functional groups attached to an aromatic ring is 1. The summed E-state index contributed by atoms with van der Waals surface area (Å²) in [6, 6.07) is 5.60. The zero-order valence-corrected chi connectivity index (χ0v) is 11.7. The third kappa shape index (κ3) is 2.83. The third-order valence-electron chi connectivity index (χ3n) is 4.19. The summed E-state index contributed by atoms with van der Waals surface area (Å²) in [7, 11) is 0. The number of hydrogen-bond donors (Lipinski definition) is 3. The van der Waals surface area contributed by atoms with Crippen molar-refractivity contribution >= 4 is 17.3 Å². The van der Waals surface area contributed by atoms with E-state index in [1.165, 1.54) is 19.3 Å². The van der Waals surface area contributed by atoms with Crippen molar-refractivity contribution in [1.82, 2.24) is 0 Å². The molecule has 1 aliphatic rings. The third-order valence-corrected chi connectivity index (χ3v) is 4.19. The Morgan fingerprint density at radius 3 is 2.74 bits per heavy atom. The van der Waals surface area contributed by atoms with Crippen LogP contribution in [0.3, 0.4) is 0 Å². The number of anilines is 2. The second-order valence-electron chi connectivity index (χ2n) is 6.07. The summed E-state index contributed by atoms with van der Waals surface area (Å²) >= 11 is 0. The average Bonchev–Trinajstić information content (AvgIpc) is 2.33. The predicted octanol–water partition coefficient (Wildman–Crippen LogP) is 2.75. The monoisotopic (exact) mass is 261 g/mol. The SMILES string of the molecule is CC1(C)CCCCC1Nc1c(N)cccc1C(N)=O. The van der Waals surface area contributed by atoms with Crippen LogP contribution >= 0.6 is 0 Å². The zero-order valence-electron chi connectivity index (χ0n) is 11.7. The van der Waals surface area contributed by atoms with E-state index in [1.807, 2.05) is 0 Å². The average molecular weight is 261 g/mol. The Morgan fingerprint density at radius 2 is 2.11 bits per heavy atom. The molecule has 1 aliphatic carbocycles. The minimum absolute atomic E-state index is 0.204. The Morgan fingerprint density at radius 1 is 1.37 bits per heavy atom. The summed E-state index contributed by atoms with van der Waals surface area (Å²) in [4.78, 5) is 11.5. The molecule has 5 N–H and O–H groups in total. The van der Waals surface area contributed by atoms with Gasteiger partial charge in [-0.05, 0) is 30.4 Å². The number of nitrogens with one attached hydrogen (secondary N) is 1. The van der Waals surface area contributed by atoms with Gasteiger partial charge in [0.15, 0.2) is 0 Å². The molecular weight excluding hydrogens is 238 g/mol. The van der Waals surface area contributed by atoms with Crippen LogP contribution in [0.15, 0.2) is 18.2 Å². The maximum atomic E-state index is 11.5. The molecule has 0 heterocycles. The van der Waals surface area contributed by atoms with Crippen LogP contribution in [0.2, 0.25) is 0 Å². The maximum absolute atomic E-state index is 11.5. The van der Waals surface area contributed by atoms with E-state index in [0.717, 1.165) is 6.42 Å². The van der Waals surface area contributed by atoms with Crippen LogP contribution in [0.5, 0.6) is 0 Å². The minimum Gasteiger partial charge on any atom is -0.397 e. The van der Waals surface area contributed by atoms with Crippen LogP contribution in [0, 0.1) is 5.41 Å². The summed E-state index contributed by atoms with van der Waals surface area (Å²) < 4.78 is 0. The van der Waals surface area contributed by atoms with Crippen molar-refractivity contribution in [2.24, 2.45) is 11.1 Å². The van der Waals surface area contributed by atoms with Gasteiger partial charge in [0.25, 0.3) is 5.91 Å². The highest BCUT2D eigenvalue weighted by molar-refractivity contribution is 6.01. The van der Waals surface area contributed by atoms with Gasteiger partial charge in [-0.3, -0.25) is 4.79 Å². The highest BCUT2D eigenvalue weighted by atomic mass is 16.1. The molecule has 2 rings (SSSR count). The van der Waals surface area contributed by atoms with Gasteiger partial charge in [-0.1, -0.05) is 32.8 Å². The van der Waals surface area contributed by atoms with Crippen molar-refractivity contribution in [3.63, 3.8) is 0 Å². The van der Waals surface area contributed by atoms with Crippen LogP contribution in [0.1, 0.15) is 49.9 Å². The molecule has 4 nitrogen and oxygen atoms in total. The standard InChI is InChI=1S/C15H23N3O/c1-15(2)9-4-3-8-12(15)18-13-10(14(17)19)6-5-7-11(13)16/h5-7,12,18H,3-4,8-9,16H2,1-2H3,(H2,17,19). The van der Waals surface area contributed by atoms with E-state index in [1.54, 1.807) is 18.2 Å². The summed E-state index contributed by atoms with van der Waals surface area (Å²) in [6.45, 7) is 4.51. The van der Waals surface area contributed by atoms with Gasteiger partial charge in [-0.15, -0.1) is 0 Å². The first-order valence-electron chi connectivity index (χ1n) is 6.86. The minimum atomic E-state index is -0.441. The van der Waals surface area contributed by atoms with Crippen molar-refractivity contribution in [2.75, 3.05) is 11.1 Å². The summed E-state index contributed by atoms with van der Waals surface area (Å²) in [5, 5.41) is 3.46. The first-order chi connectivity index (χ1) is 8.92. The number of carbonyl (C=O) groups excluding carboxylic acids is 1. The molecule has 1 aromatic carbocycles. The second-order valence-corrected chi connectivity index (χ2v) is 6.07. The molecule has 19 heavy (non-hydrogen) atoms. The van der Waals surface area contributed by atoms with Crippen molar-refractivity contribution in [1.29, 1.82) is 0 Å². The predicted molar refractivity (Wildman–Crippen MR) is 79.0 cm³/mol. The Bertz CT molecular complexity index is 482. The number of carbonyl (C=O) groups is 1. The molecule has 1 atom stereocenters. The largest absolute Gasteiger partial charge is 0.397 e. The van der Waals surface area contributed by atoms with Gasteiger partial charge < -0.3 is 16.8 Å². The topological polar surface area (TPSA) is 81.1 Å². The van der Waals surface area contributed by atoms with Gasteiger partial charge in [-0.2, -0.15) is 0 Å². The lowest BCUT2D eigenvalue weighted by atomic mass is 9.73. The lowest BCUT2D eigenvalue weighted by Crippen LogP contribution is -2.39. The van der Waals surface area contributed by atoms with Crippen LogP contribution in [-0.2, 0) is 0 Å². The lowest BCUT2D eigenvalue weighted by molar-refractivity contribution is 0.100. The fraction of sp³-hybridized carbons (Fsp3) is 0.533. The normalized spacial score (nSPS) is 21.9. The molecule has 0 aromatic heterocycles. The van der Waals surface area contributed by atoms with Gasteiger partial charge in [0, 0.05) is 6.04 Å². The van der Waals surface area contributed by atoms with Crippen LogP contribution < -0.4 is 16.8 Å². The Balaban J connectivity index is 2.30. The van der Waals surface area contributed by atoms with E-state index in [2.05, 4.69) is 19.2 Å². The van der Waals surface area contributed by atoms with E-state index in [-0.39, 0.29) is 5.41 Å². The van der Waals surface area contributed by atoms with Gasteiger partial charge in [0.05, 0.1) is 16.9 Å². The number of rotatable bonds is 3. The zero-order chi connectivity index (χ0) is 14.0. The number of nitrogens with two attached hydrogens (primary N) is 2. The first-order valence-corrected chi connectivity index (χ1v) is 6.86. The van der Waals surface area contributed by atoms with E-state index in [0.29, 0.717) is 23.0 Å². The molecule has 1 amide bonds. The van der Waals surface area contributed by atoms with Gasteiger partial charge in [0.2, 0.25) is 0 Å². The highest BCUT2D eigenvalue weighted by Crippen LogP contribution is 2.38. The van der Waals surface area contributed by atoms with Crippen LogP contribution in [-0.4, -0.2) is 11.9 Å². The van der Waals surface area contributed by atoms with E-state index in [9.17, 15) is 4.79 Å². The Hall–Kier alpha value is -1.71. The molecule has 1 fully saturated rings. The van der Waals surface area contributed by atoms with Gasteiger partial charge in [0.1, 0.15) is 0 Å². The number of primary amides is 1. The van der Waals surface area contributed by atoms with Crippen LogP contribution in [0.25, 0.3) is 0 Å². The molecular formula is C15H23N3O. The lowest BCUT2D eigenvalue weighted by Gasteiger charge is -2.40. The van der Waals surface area contributed by atoms with Crippen molar-refractivity contribution < 1.29 is 4.79 Å². The summed E-state index contributed by atoms with van der Waals surface area (Å²) in [5.74, 6) is -0.441. The van der Waals surface area contributed by atoms with Crippen molar-refractivity contribution in [2.45, 2.75) is 45.6 Å². The molecule has 0 aliphatic heterocycles. The number of hydrogen-bond acceptors (Lipinski definition) is 3. The fourth-order valence-electron chi connectivity index (χ4n) is 2.87. The fourth-order valence-corrected chi connectivity index (χ4v) is 2.87. The molecule has 0 spiro atoms. The summed E-state index contributed by atoms with van der Waals surface area (Å²) in [5.41, 5.74) is 13.4. The quantitative estimate of drug-likeness (QED) is 0.732. The second kappa shape index (κ2) is 5.11. The van der Waals surface area contributed by atoms with E-state index >= 15 is 0 Å². The molecule has 104 valence electrons. The smallest absolute Gasteiger partial charge is 0.250 e. The maximum Gasteiger partial charge on any atom is 0.250 e. The van der Waals surface area contributed by atoms with Crippen molar-refractivity contribution in [3.8, 4) is 0 Å². The van der Waals surface area contributed by atoms with Crippen molar-refractivity contribution in [3.05, 3.63) is 23.8 Å². The molecule has 1 saturated carbocycles. The number of benzene rings is 1. The molecule has 4 heteroatoms. The molecule has 0 radical (unpaired) electrons. The Kier molecular flexibility index (Phi) is 3.69. The first kappa shape index (κ1) is 13.7. The highest BCUT2D eigenvalue weighted by Gasteiger charge is 2.32.